The number of aliphatic hydroxyl groups is 1. The average Bonchev–Trinajstić information content (AvgIpc) is 2.73. The molecule has 0 bridgehead atoms. The Morgan fingerprint density at radius 3 is 2.31 bits per heavy atom. The van der Waals surface area contributed by atoms with E-state index in [9.17, 15) is 9.90 Å². The third-order valence-electron chi connectivity index (χ3n) is 5.44. The Bertz CT molecular complexity index is 932. The topological polar surface area (TPSA) is 71.5 Å². The lowest BCUT2D eigenvalue weighted by molar-refractivity contribution is 0.172. The van der Waals surface area contributed by atoms with Gasteiger partial charge in [-0.3, -0.25) is 4.79 Å². The number of H-pyrrole nitrogens is 1. The highest BCUT2D eigenvalue weighted by molar-refractivity contribution is 5.40. The molecule has 0 radical (unpaired) electrons. The van der Waals surface area contributed by atoms with Gasteiger partial charge < -0.3 is 19.6 Å². The average molecular weight is 444 g/mol. The molecule has 2 atom stereocenters. The molecule has 0 spiro atoms. The molecular formula is C27H41NO4. The number of aliphatic hydroxyl groups excluding tert-OH is 1. The Morgan fingerprint density at radius 1 is 1.09 bits per heavy atom. The van der Waals surface area contributed by atoms with Gasteiger partial charge in [-0.05, 0) is 45.6 Å². The van der Waals surface area contributed by atoms with Gasteiger partial charge in [0.15, 0.2) is 0 Å². The van der Waals surface area contributed by atoms with Crippen molar-refractivity contribution in [2.75, 3.05) is 14.2 Å². The second-order valence-electron chi connectivity index (χ2n) is 8.85. The maximum atomic E-state index is 12.4. The normalized spacial score (nSPS) is 15.4. The van der Waals surface area contributed by atoms with E-state index in [1.54, 1.807) is 6.92 Å². The van der Waals surface area contributed by atoms with Gasteiger partial charge in [-0.15, -0.1) is 0 Å². The Balaban J connectivity index is 2.80. The van der Waals surface area contributed by atoms with Crippen molar-refractivity contribution in [3.63, 3.8) is 0 Å². The SMILES string of the molecule is COc1[nH]c(CC=C(C)CC=CC(C)=CC(C)C(O)C(C)=CC(C)C)c(C)c(=O)c1OC. The van der Waals surface area contributed by atoms with Crippen LogP contribution in [0.1, 0.15) is 59.2 Å². The van der Waals surface area contributed by atoms with Crippen molar-refractivity contribution in [2.45, 2.75) is 67.4 Å². The minimum absolute atomic E-state index is 0.0520. The molecule has 0 aliphatic rings. The molecule has 5 nitrogen and oxygen atoms in total. The lowest BCUT2D eigenvalue weighted by atomic mass is 9.94. The van der Waals surface area contributed by atoms with E-state index >= 15 is 0 Å². The van der Waals surface area contributed by atoms with Gasteiger partial charge in [-0.2, -0.15) is 0 Å². The first kappa shape index (κ1) is 27.5. The van der Waals surface area contributed by atoms with Crippen molar-refractivity contribution in [3.8, 4) is 11.6 Å². The van der Waals surface area contributed by atoms with Crippen molar-refractivity contribution in [2.24, 2.45) is 11.8 Å². The Labute approximate surface area is 193 Å². The summed E-state index contributed by atoms with van der Waals surface area (Å²) >= 11 is 0. The summed E-state index contributed by atoms with van der Waals surface area (Å²) in [7, 11) is 2.97. The minimum atomic E-state index is -0.464. The van der Waals surface area contributed by atoms with Crippen LogP contribution in [0.3, 0.4) is 0 Å². The monoisotopic (exact) mass is 443 g/mol. The zero-order valence-corrected chi connectivity index (χ0v) is 21.2. The van der Waals surface area contributed by atoms with Crippen LogP contribution in [0, 0.1) is 18.8 Å². The van der Waals surface area contributed by atoms with E-state index in [0.717, 1.165) is 23.3 Å². The van der Waals surface area contributed by atoms with Gasteiger partial charge in [-0.1, -0.05) is 62.3 Å². The van der Waals surface area contributed by atoms with Gasteiger partial charge in [0.1, 0.15) is 0 Å². The minimum Gasteiger partial charge on any atom is -0.488 e. The largest absolute Gasteiger partial charge is 0.488 e. The van der Waals surface area contributed by atoms with Crippen LogP contribution >= 0.6 is 0 Å². The summed E-state index contributed by atoms with van der Waals surface area (Å²) in [4.78, 5) is 15.6. The molecule has 1 aromatic rings. The lowest BCUT2D eigenvalue weighted by Crippen LogP contribution is -2.17. The fraction of sp³-hybridized carbons (Fsp3) is 0.519. The quantitative estimate of drug-likeness (QED) is 0.341. The summed E-state index contributed by atoms with van der Waals surface area (Å²) < 4.78 is 10.4. The molecule has 5 heteroatoms. The van der Waals surface area contributed by atoms with Crippen molar-refractivity contribution >= 4 is 0 Å². The predicted octanol–water partition coefficient (Wildman–Crippen LogP) is 5.68. The van der Waals surface area contributed by atoms with E-state index < -0.39 is 6.10 Å². The molecule has 1 rings (SSSR count). The Morgan fingerprint density at radius 2 is 1.75 bits per heavy atom. The fourth-order valence-electron chi connectivity index (χ4n) is 3.62. The molecule has 0 fully saturated rings. The number of aromatic amines is 1. The van der Waals surface area contributed by atoms with Crippen LogP contribution in [0.2, 0.25) is 0 Å². The highest BCUT2D eigenvalue weighted by atomic mass is 16.5. The second-order valence-corrected chi connectivity index (χ2v) is 8.85. The molecule has 0 amide bonds. The first-order valence-corrected chi connectivity index (χ1v) is 11.2. The summed E-state index contributed by atoms with van der Waals surface area (Å²) in [5.41, 5.74) is 4.65. The van der Waals surface area contributed by atoms with Crippen LogP contribution in [0.4, 0.5) is 0 Å². The molecule has 32 heavy (non-hydrogen) atoms. The molecular weight excluding hydrogens is 402 g/mol. The number of nitrogens with one attached hydrogen (secondary N) is 1. The fourth-order valence-corrected chi connectivity index (χ4v) is 3.62. The van der Waals surface area contributed by atoms with Crippen LogP contribution < -0.4 is 14.9 Å². The maximum absolute atomic E-state index is 12.4. The van der Waals surface area contributed by atoms with E-state index in [1.807, 2.05) is 13.8 Å². The van der Waals surface area contributed by atoms with Crippen LogP contribution in [-0.4, -0.2) is 30.4 Å². The molecule has 0 aliphatic carbocycles. The Hall–Kier alpha value is -2.53. The number of hydrogen-bond acceptors (Lipinski definition) is 4. The number of rotatable bonds is 11. The second kappa shape index (κ2) is 13.1. The van der Waals surface area contributed by atoms with Crippen LogP contribution in [0.5, 0.6) is 11.6 Å². The molecule has 178 valence electrons. The highest BCUT2D eigenvalue weighted by Gasteiger charge is 2.15. The standard InChI is InChI=1S/C27H41NO4/c1-17(2)15-20(5)24(29)21(6)16-19(4)12-10-11-18(3)13-14-23-22(7)25(30)26(31-8)27(28-23)32-9/h10,12-13,15-17,21,24,29H,11,14H2,1-9H3,(H,28,30). The number of hydrogen-bond donors (Lipinski definition) is 2. The van der Waals surface area contributed by atoms with E-state index in [0.29, 0.717) is 23.8 Å². The molecule has 0 saturated carbocycles. The summed E-state index contributed by atoms with van der Waals surface area (Å²) in [6, 6.07) is 0. The van der Waals surface area contributed by atoms with E-state index in [2.05, 4.69) is 63.1 Å². The molecule has 1 heterocycles. The van der Waals surface area contributed by atoms with Crippen molar-refractivity contribution < 1.29 is 14.6 Å². The van der Waals surface area contributed by atoms with Crippen molar-refractivity contribution in [3.05, 3.63) is 68.6 Å². The third-order valence-corrected chi connectivity index (χ3v) is 5.44. The molecule has 2 unspecified atom stereocenters. The van der Waals surface area contributed by atoms with E-state index in [-0.39, 0.29) is 17.1 Å². The molecule has 1 aromatic heterocycles. The maximum Gasteiger partial charge on any atom is 0.238 e. The van der Waals surface area contributed by atoms with Crippen molar-refractivity contribution in [1.29, 1.82) is 0 Å². The van der Waals surface area contributed by atoms with Crippen molar-refractivity contribution in [1.82, 2.24) is 4.98 Å². The van der Waals surface area contributed by atoms with Gasteiger partial charge in [0, 0.05) is 23.6 Å². The number of aromatic nitrogens is 1. The van der Waals surface area contributed by atoms with Gasteiger partial charge >= 0.3 is 0 Å². The number of allylic oxidation sites excluding steroid dienone is 6. The van der Waals surface area contributed by atoms with Gasteiger partial charge in [0.25, 0.3) is 0 Å². The lowest BCUT2D eigenvalue weighted by Gasteiger charge is -2.18. The first-order valence-electron chi connectivity index (χ1n) is 11.2. The number of methoxy groups -OCH3 is 2. The summed E-state index contributed by atoms with van der Waals surface area (Å²) in [5.74, 6) is 1.03. The summed E-state index contributed by atoms with van der Waals surface area (Å²) in [5, 5.41) is 10.5. The smallest absolute Gasteiger partial charge is 0.238 e. The van der Waals surface area contributed by atoms with Gasteiger partial charge in [0.05, 0.1) is 20.3 Å². The summed E-state index contributed by atoms with van der Waals surface area (Å²) in [6.07, 6.45) is 11.5. The zero-order valence-electron chi connectivity index (χ0n) is 21.2. The van der Waals surface area contributed by atoms with Gasteiger partial charge in [-0.25, -0.2) is 0 Å². The zero-order chi connectivity index (χ0) is 24.4. The molecule has 0 aliphatic heterocycles. The van der Waals surface area contributed by atoms with E-state index in [4.69, 9.17) is 9.47 Å². The van der Waals surface area contributed by atoms with Crippen LogP contribution in [0.15, 0.2) is 51.9 Å². The number of ether oxygens (including phenoxy) is 2. The van der Waals surface area contributed by atoms with Crippen LogP contribution in [0.25, 0.3) is 0 Å². The van der Waals surface area contributed by atoms with Crippen LogP contribution in [-0.2, 0) is 6.42 Å². The predicted molar refractivity (Wildman–Crippen MR) is 134 cm³/mol. The van der Waals surface area contributed by atoms with Gasteiger partial charge in [0.2, 0.25) is 17.1 Å². The third kappa shape index (κ3) is 8.19. The summed E-state index contributed by atoms with van der Waals surface area (Å²) in [6.45, 7) is 14.2. The van der Waals surface area contributed by atoms with E-state index in [1.165, 1.54) is 19.8 Å². The molecule has 0 aromatic carbocycles. The molecule has 0 saturated heterocycles. The number of pyridine rings is 1. The molecule has 2 N–H and O–H groups in total. The highest BCUT2D eigenvalue weighted by Crippen LogP contribution is 2.22. The first-order chi connectivity index (χ1) is 15.0. The Kier molecular flexibility index (Phi) is 11.3.